The van der Waals surface area contributed by atoms with E-state index >= 15 is 0 Å². The molecule has 1 nitrogen and oxygen atoms in total. The first-order chi connectivity index (χ1) is 8.51. The Morgan fingerprint density at radius 3 is 1.89 bits per heavy atom. The lowest BCUT2D eigenvalue weighted by Gasteiger charge is -2.19. The number of benzene rings is 1. The minimum atomic E-state index is 1.15. The fraction of sp³-hybridized carbons (Fsp3) is 0.625. The maximum Gasteiger partial charge on any atom is 0.0136 e. The van der Waals surface area contributed by atoms with Crippen LogP contribution >= 0.6 is 11.8 Å². The lowest BCUT2D eigenvalue weighted by molar-refractivity contribution is 0.324. The van der Waals surface area contributed by atoms with Crippen LogP contribution in [0.25, 0.3) is 0 Å². The molecule has 18 heavy (non-hydrogen) atoms. The van der Waals surface area contributed by atoms with Crippen LogP contribution in [0, 0.1) is 27.7 Å². The minimum absolute atomic E-state index is 1.15. The first-order valence-electron chi connectivity index (χ1n) is 6.93. The molecule has 0 aliphatic carbocycles. The second-order valence-corrected chi connectivity index (χ2v) is 6.07. The summed E-state index contributed by atoms with van der Waals surface area (Å²) in [7, 11) is 0. The largest absolute Gasteiger partial charge is 0.303 e. The van der Waals surface area contributed by atoms with Crippen molar-refractivity contribution in [3.05, 3.63) is 28.3 Å². The van der Waals surface area contributed by atoms with Gasteiger partial charge in [-0.15, -0.1) is 11.8 Å². The molecule has 0 fully saturated rings. The Morgan fingerprint density at radius 2 is 1.44 bits per heavy atom. The van der Waals surface area contributed by atoms with Crippen molar-refractivity contribution in [2.24, 2.45) is 0 Å². The van der Waals surface area contributed by atoms with Crippen LogP contribution in [0.3, 0.4) is 0 Å². The second-order valence-electron chi connectivity index (χ2n) is 4.96. The van der Waals surface area contributed by atoms with Gasteiger partial charge in [0.05, 0.1) is 0 Å². The molecule has 2 heteroatoms. The van der Waals surface area contributed by atoms with Gasteiger partial charge in [0.2, 0.25) is 0 Å². The quantitative estimate of drug-likeness (QED) is 0.703. The average Bonchev–Trinajstić information content (AvgIpc) is 2.36. The Hall–Kier alpha value is -0.470. The molecule has 0 aliphatic heterocycles. The van der Waals surface area contributed by atoms with E-state index in [2.05, 4.69) is 52.5 Å². The number of thioether (sulfide) groups is 1. The molecule has 0 saturated carbocycles. The number of hydrogen-bond donors (Lipinski definition) is 0. The number of hydrogen-bond acceptors (Lipinski definition) is 2. The highest BCUT2D eigenvalue weighted by Gasteiger charge is 2.09. The molecule has 1 aromatic carbocycles. The predicted octanol–water partition coefficient (Wildman–Crippen LogP) is 4.35. The van der Waals surface area contributed by atoms with Gasteiger partial charge in [0, 0.05) is 17.2 Å². The Balaban J connectivity index is 2.73. The molecule has 0 aliphatic rings. The molecule has 1 aromatic rings. The van der Waals surface area contributed by atoms with Crippen molar-refractivity contribution in [2.75, 3.05) is 25.4 Å². The second kappa shape index (κ2) is 7.20. The van der Waals surface area contributed by atoms with Gasteiger partial charge in [-0.05, 0) is 63.0 Å². The van der Waals surface area contributed by atoms with Crippen LogP contribution in [-0.4, -0.2) is 30.3 Å². The molecule has 0 N–H and O–H groups in total. The van der Waals surface area contributed by atoms with E-state index < -0.39 is 0 Å². The Kier molecular flexibility index (Phi) is 6.24. The summed E-state index contributed by atoms with van der Waals surface area (Å²) in [5.74, 6) is 1.19. The van der Waals surface area contributed by atoms with Crippen molar-refractivity contribution in [2.45, 2.75) is 46.4 Å². The molecule has 0 aromatic heterocycles. The van der Waals surface area contributed by atoms with E-state index in [1.54, 1.807) is 0 Å². The van der Waals surface area contributed by atoms with Gasteiger partial charge in [-0.25, -0.2) is 0 Å². The predicted molar refractivity (Wildman–Crippen MR) is 83.9 cm³/mol. The molecule has 0 spiro atoms. The van der Waals surface area contributed by atoms with Crippen molar-refractivity contribution in [1.82, 2.24) is 4.90 Å². The van der Waals surface area contributed by atoms with Crippen molar-refractivity contribution in [3.63, 3.8) is 0 Å². The van der Waals surface area contributed by atoms with Crippen molar-refractivity contribution in [1.29, 1.82) is 0 Å². The average molecular weight is 265 g/mol. The standard InChI is InChI=1S/C16H27NS/c1-7-17(8-2)9-10-18-16-14(5)12(3)11-13(4)15(16)6/h11H,7-10H2,1-6H3. The van der Waals surface area contributed by atoms with Crippen molar-refractivity contribution in [3.8, 4) is 0 Å². The van der Waals surface area contributed by atoms with Crippen molar-refractivity contribution >= 4 is 11.8 Å². The van der Waals surface area contributed by atoms with E-state index in [4.69, 9.17) is 0 Å². The molecule has 0 atom stereocenters. The van der Waals surface area contributed by atoms with Gasteiger partial charge < -0.3 is 4.90 Å². The number of rotatable bonds is 6. The van der Waals surface area contributed by atoms with Gasteiger partial charge in [0.25, 0.3) is 0 Å². The highest BCUT2D eigenvalue weighted by molar-refractivity contribution is 7.99. The summed E-state index contributed by atoms with van der Waals surface area (Å²) in [4.78, 5) is 3.99. The summed E-state index contributed by atoms with van der Waals surface area (Å²) in [5, 5.41) is 0. The first-order valence-corrected chi connectivity index (χ1v) is 7.92. The Morgan fingerprint density at radius 1 is 0.944 bits per heavy atom. The third-order valence-corrected chi connectivity index (χ3v) is 5.13. The van der Waals surface area contributed by atoms with E-state index in [1.165, 1.54) is 39.4 Å². The third-order valence-electron chi connectivity index (χ3n) is 3.85. The van der Waals surface area contributed by atoms with Crippen LogP contribution in [-0.2, 0) is 0 Å². The summed E-state index contributed by atoms with van der Waals surface area (Å²) in [6.45, 7) is 16.9. The highest BCUT2D eigenvalue weighted by Crippen LogP contribution is 2.30. The summed E-state index contributed by atoms with van der Waals surface area (Å²) >= 11 is 2.02. The molecule has 102 valence electrons. The van der Waals surface area contributed by atoms with Gasteiger partial charge in [0.15, 0.2) is 0 Å². The fourth-order valence-corrected chi connectivity index (χ4v) is 3.52. The molecular weight excluding hydrogens is 238 g/mol. The summed E-state index contributed by atoms with van der Waals surface area (Å²) < 4.78 is 0. The van der Waals surface area contributed by atoms with Crippen LogP contribution < -0.4 is 0 Å². The fourth-order valence-electron chi connectivity index (χ4n) is 2.21. The normalized spacial score (nSPS) is 11.3. The molecule has 0 amide bonds. The van der Waals surface area contributed by atoms with Gasteiger partial charge in [0.1, 0.15) is 0 Å². The zero-order chi connectivity index (χ0) is 13.7. The molecule has 0 heterocycles. The van der Waals surface area contributed by atoms with E-state index in [0.717, 1.165) is 13.1 Å². The number of nitrogens with zero attached hydrogens (tertiary/aromatic N) is 1. The van der Waals surface area contributed by atoms with E-state index in [1.807, 2.05) is 11.8 Å². The smallest absolute Gasteiger partial charge is 0.0136 e. The lowest BCUT2D eigenvalue weighted by Crippen LogP contribution is -2.25. The Bertz CT molecular complexity index is 368. The monoisotopic (exact) mass is 265 g/mol. The zero-order valence-corrected chi connectivity index (χ0v) is 13.6. The summed E-state index contributed by atoms with van der Waals surface area (Å²) in [6, 6.07) is 2.30. The Labute approximate surface area is 117 Å². The van der Waals surface area contributed by atoms with E-state index in [-0.39, 0.29) is 0 Å². The molecule has 0 unspecified atom stereocenters. The summed E-state index contributed by atoms with van der Waals surface area (Å²) in [5.41, 5.74) is 5.76. The summed E-state index contributed by atoms with van der Waals surface area (Å²) in [6.07, 6.45) is 0. The van der Waals surface area contributed by atoms with Crippen LogP contribution in [0.5, 0.6) is 0 Å². The van der Waals surface area contributed by atoms with E-state index in [9.17, 15) is 0 Å². The minimum Gasteiger partial charge on any atom is -0.303 e. The number of aryl methyl sites for hydroxylation is 2. The molecule has 0 saturated heterocycles. The SMILES string of the molecule is CCN(CC)CCSc1c(C)c(C)cc(C)c1C. The van der Waals surface area contributed by atoms with Gasteiger partial charge >= 0.3 is 0 Å². The highest BCUT2D eigenvalue weighted by atomic mass is 32.2. The zero-order valence-electron chi connectivity index (χ0n) is 12.8. The van der Waals surface area contributed by atoms with Gasteiger partial charge in [-0.2, -0.15) is 0 Å². The molecular formula is C16H27NS. The molecule has 0 radical (unpaired) electrons. The van der Waals surface area contributed by atoms with Gasteiger partial charge in [-0.3, -0.25) is 0 Å². The molecule has 1 rings (SSSR count). The third kappa shape index (κ3) is 3.76. The van der Waals surface area contributed by atoms with Crippen LogP contribution in [0.2, 0.25) is 0 Å². The van der Waals surface area contributed by atoms with Crippen LogP contribution in [0.15, 0.2) is 11.0 Å². The lowest BCUT2D eigenvalue weighted by atomic mass is 10.0. The first kappa shape index (κ1) is 15.6. The van der Waals surface area contributed by atoms with Crippen molar-refractivity contribution < 1.29 is 0 Å². The van der Waals surface area contributed by atoms with E-state index in [0.29, 0.717) is 0 Å². The van der Waals surface area contributed by atoms with Crippen LogP contribution in [0.4, 0.5) is 0 Å². The maximum atomic E-state index is 2.49. The van der Waals surface area contributed by atoms with Gasteiger partial charge in [-0.1, -0.05) is 19.9 Å². The van der Waals surface area contributed by atoms with Crippen LogP contribution in [0.1, 0.15) is 36.1 Å². The molecule has 0 bridgehead atoms. The maximum absolute atomic E-state index is 2.49. The topological polar surface area (TPSA) is 3.24 Å².